The fraction of sp³-hybridized carbons (Fsp3) is 0.333. The number of aryl methyl sites for hydroxylation is 3. The minimum Gasteiger partial charge on any atom is -0.363 e. The number of carbonyl (C=O) groups is 1. The maximum absolute atomic E-state index is 13.8. The number of hydrogen-bond acceptors (Lipinski definition) is 3. The van der Waals surface area contributed by atoms with Gasteiger partial charge < -0.3 is 10.6 Å². The fourth-order valence-corrected chi connectivity index (χ4v) is 4.56. The molecule has 160 valence electrons. The Labute approximate surface area is 179 Å². The molecule has 1 aromatic heterocycles. The Morgan fingerprint density at radius 3 is 2.71 bits per heavy atom. The summed E-state index contributed by atoms with van der Waals surface area (Å²) in [5.41, 5.74) is 5.57. The van der Waals surface area contributed by atoms with E-state index in [1.807, 2.05) is 49.4 Å². The maximum Gasteiger partial charge on any atom is 0.261 e. The van der Waals surface area contributed by atoms with Crippen LogP contribution in [0.15, 0.2) is 48.7 Å². The first-order chi connectivity index (χ1) is 15.0. The quantitative estimate of drug-likeness (QED) is 0.600. The Bertz CT molecular complexity index is 1120. The molecule has 2 atom stereocenters. The van der Waals surface area contributed by atoms with Crippen molar-refractivity contribution >= 4 is 17.4 Å². The minimum absolute atomic E-state index is 0.196. The molecule has 0 fully saturated rings. The molecule has 2 aliphatic rings. The second-order valence-corrected chi connectivity index (χ2v) is 8.39. The lowest BCUT2D eigenvalue weighted by Crippen LogP contribution is -2.31. The van der Waals surface area contributed by atoms with Gasteiger partial charge in [0.05, 0.1) is 12.2 Å². The third kappa shape index (κ3) is 3.69. The zero-order valence-electron chi connectivity index (χ0n) is 17.2. The average Bonchev–Trinajstić information content (AvgIpc) is 3.40. The van der Waals surface area contributed by atoms with Crippen molar-refractivity contribution in [3.8, 4) is 0 Å². The van der Waals surface area contributed by atoms with Crippen molar-refractivity contribution in [2.45, 2.75) is 51.1 Å². The van der Waals surface area contributed by atoms with Gasteiger partial charge in [0.2, 0.25) is 0 Å². The molecule has 2 N–H and O–H groups in total. The van der Waals surface area contributed by atoms with Crippen molar-refractivity contribution in [1.29, 1.82) is 0 Å². The lowest BCUT2D eigenvalue weighted by atomic mass is 9.96. The molecule has 0 unspecified atom stereocenters. The number of benzene rings is 2. The van der Waals surface area contributed by atoms with Crippen molar-refractivity contribution in [3.63, 3.8) is 0 Å². The number of alkyl halides is 2. The third-order valence-corrected chi connectivity index (χ3v) is 6.27. The molecule has 2 heterocycles. The van der Waals surface area contributed by atoms with E-state index in [0.717, 1.165) is 30.4 Å². The van der Waals surface area contributed by atoms with Crippen LogP contribution in [0.2, 0.25) is 0 Å². The highest BCUT2D eigenvalue weighted by Crippen LogP contribution is 2.39. The molecule has 1 aliphatic carbocycles. The van der Waals surface area contributed by atoms with Gasteiger partial charge in [-0.05, 0) is 61.4 Å². The summed E-state index contributed by atoms with van der Waals surface area (Å²) in [5.74, 6) is -0.0231. The van der Waals surface area contributed by atoms with Gasteiger partial charge >= 0.3 is 0 Å². The van der Waals surface area contributed by atoms with Crippen molar-refractivity contribution in [3.05, 3.63) is 76.5 Å². The molecule has 1 amide bonds. The first kappa shape index (κ1) is 19.7. The standard InChI is InChI=1S/C24H24F2N4O/c1-14-5-7-16(8-6-14)20-12-21(22(25)26)30-23(29-20)19(13-27-30)24(31)28-18-10-9-15-3-2-4-17(15)11-18/h5-11,13,20-22,29H,2-4,12H2,1H3,(H,28,31)/t20-,21-/m0/s1. The highest BCUT2D eigenvalue weighted by molar-refractivity contribution is 6.07. The third-order valence-electron chi connectivity index (χ3n) is 6.27. The zero-order valence-corrected chi connectivity index (χ0v) is 17.2. The number of nitrogens with one attached hydrogen (secondary N) is 2. The normalized spacial score (nSPS) is 19.6. The predicted octanol–water partition coefficient (Wildman–Crippen LogP) is 5.30. The van der Waals surface area contributed by atoms with E-state index >= 15 is 0 Å². The van der Waals surface area contributed by atoms with Crippen LogP contribution in [0.25, 0.3) is 0 Å². The fourth-order valence-electron chi connectivity index (χ4n) is 4.56. The molecule has 3 aromatic rings. The highest BCUT2D eigenvalue weighted by Gasteiger charge is 2.36. The molecule has 0 saturated heterocycles. The van der Waals surface area contributed by atoms with Gasteiger partial charge in [-0.1, -0.05) is 35.9 Å². The number of amides is 1. The molecule has 0 radical (unpaired) electrons. The van der Waals surface area contributed by atoms with Gasteiger partial charge in [0.15, 0.2) is 0 Å². The highest BCUT2D eigenvalue weighted by atomic mass is 19.3. The van der Waals surface area contributed by atoms with Crippen LogP contribution in [0.5, 0.6) is 0 Å². The second-order valence-electron chi connectivity index (χ2n) is 8.39. The Balaban J connectivity index is 1.44. The lowest BCUT2D eigenvalue weighted by Gasteiger charge is -2.32. The molecule has 31 heavy (non-hydrogen) atoms. The molecule has 2 aromatic carbocycles. The van der Waals surface area contributed by atoms with E-state index in [-0.39, 0.29) is 23.9 Å². The number of fused-ring (bicyclic) bond motifs is 2. The summed E-state index contributed by atoms with van der Waals surface area (Å²) in [6.45, 7) is 1.98. The number of hydrogen-bond donors (Lipinski definition) is 2. The van der Waals surface area contributed by atoms with E-state index in [0.29, 0.717) is 11.5 Å². The van der Waals surface area contributed by atoms with Crippen molar-refractivity contribution in [2.75, 3.05) is 10.6 Å². The Morgan fingerprint density at radius 2 is 1.94 bits per heavy atom. The van der Waals surface area contributed by atoms with Gasteiger partial charge in [0.1, 0.15) is 17.4 Å². The van der Waals surface area contributed by atoms with Gasteiger partial charge in [-0.25, -0.2) is 13.5 Å². The van der Waals surface area contributed by atoms with Crippen LogP contribution in [0.1, 0.15) is 57.5 Å². The van der Waals surface area contributed by atoms with Crippen molar-refractivity contribution in [1.82, 2.24) is 9.78 Å². The summed E-state index contributed by atoms with van der Waals surface area (Å²) in [4.78, 5) is 13.0. The topological polar surface area (TPSA) is 59.0 Å². The van der Waals surface area contributed by atoms with E-state index in [9.17, 15) is 13.6 Å². The van der Waals surface area contributed by atoms with Gasteiger partial charge in [0, 0.05) is 5.69 Å². The molecular weight excluding hydrogens is 398 g/mol. The predicted molar refractivity (Wildman–Crippen MR) is 116 cm³/mol. The molecule has 7 heteroatoms. The molecular formula is C24H24F2N4O. The first-order valence-corrected chi connectivity index (χ1v) is 10.6. The van der Waals surface area contributed by atoms with Crippen LogP contribution in [0.3, 0.4) is 0 Å². The van der Waals surface area contributed by atoms with Gasteiger partial charge in [-0.3, -0.25) is 4.79 Å². The number of rotatable bonds is 4. The summed E-state index contributed by atoms with van der Waals surface area (Å²) < 4.78 is 29.0. The van der Waals surface area contributed by atoms with E-state index in [2.05, 4.69) is 15.7 Å². The monoisotopic (exact) mass is 422 g/mol. The number of halogens is 2. The molecule has 1 aliphatic heterocycles. The maximum atomic E-state index is 13.8. The first-order valence-electron chi connectivity index (χ1n) is 10.6. The van der Waals surface area contributed by atoms with Crippen LogP contribution in [0, 0.1) is 6.92 Å². The summed E-state index contributed by atoms with van der Waals surface area (Å²) in [6.07, 6.45) is 2.20. The van der Waals surface area contributed by atoms with E-state index in [4.69, 9.17) is 0 Å². The number of anilines is 2. The SMILES string of the molecule is Cc1ccc([C@@H]2C[C@@H](C(F)F)n3ncc(C(=O)Nc4ccc5c(c4)CCC5)c3N2)cc1. The summed E-state index contributed by atoms with van der Waals surface area (Å²) in [6, 6.07) is 12.3. The van der Waals surface area contributed by atoms with E-state index in [1.165, 1.54) is 22.0 Å². The largest absolute Gasteiger partial charge is 0.363 e. The summed E-state index contributed by atoms with van der Waals surface area (Å²) >= 11 is 0. The summed E-state index contributed by atoms with van der Waals surface area (Å²) in [5, 5.41) is 10.3. The van der Waals surface area contributed by atoms with Crippen LogP contribution in [0.4, 0.5) is 20.3 Å². The molecule has 5 rings (SSSR count). The van der Waals surface area contributed by atoms with Gasteiger partial charge in [-0.15, -0.1) is 0 Å². The second kappa shape index (κ2) is 7.80. The lowest BCUT2D eigenvalue weighted by molar-refractivity contribution is 0.0657. The van der Waals surface area contributed by atoms with Crippen molar-refractivity contribution in [2.24, 2.45) is 0 Å². The van der Waals surface area contributed by atoms with Crippen LogP contribution in [-0.4, -0.2) is 22.1 Å². The van der Waals surface area contributed by atoms with Crippen LogP contribution >= 0.6 is 0 Å². The van der Waals surface area contributed by atoms with E-state index in [1.54, 1.807) is 0 Å². The molecule has 5 nitrogen and oxygen atoms in total. The number of carbonyl (C=O) groups excluding carboxylic acids is 1. The van der Waals surface area contributed by atoms with E-state index < -0.39 is 12.5 Å². The smallest absolute Gasteiger partial charge is 0.261 e. The molecule has 0 bridgehead atoms. The van der Waals surface area contributed by atoms with Gasteiger partial charge in [0.25, 0.3) is 12.3 Å². The Kier molecular flexibility index (Phi) is 4.96. The minimum atomic E-state index is -2.58. The zero-order chi connectivity index (χ0) is 21.5. The number of aromatic nitrogens is 2. The average molecular weight is 422 g/mol. The van der Waals surface area contributed by atoms with Gasteiger partial charge in [-0.2, -0.15) is 5.10 Å². The molecule has 0 saturated carbocycles. The van der Waals surface area contributed by atoms with Crippen LogP contribution in [-0.2, 0) is 12.8 Å². The Morgan fingerprint density at radius 1 is 1.16 bits per heavy atom. The summed E-state index contributed by atoms with van der Waals surface area (Å²) in [7, 11) is 0. The molecule has 0 spiro atoms. The van der Waals surface area contributed by atoms with Crippen LogP contribution < -0.4 is 10.6 Å². The Hall–Kier alpha value is -3.22. The number of nitrogens with zero attached hydrogens (tertiary/aromatic N) is 2. The van der Waals surface area contributed by atoms with Crippen molar-refractivity contribution < 1.29 is 13.6 Å².